The molecular weight excluding hydrogens is 654 g/mol. The molecule has 5 aromatic rings. The fraction of sp³-hybridized carbons (Fsp3) is 0.231. The lowest BCUT2D eigenvalue weighted by Crippen LogP contribution is -2.37. The van der Waals surface area contributed by atoms with Gasteiger partial charge in [0.25, 0.3) is 0 Å². The lowest BCUT2D eigenvalue weighted by molar-refractivity contribution is -0.141. The van der Waals surface area contributed by atoms with Gasteiger partial charge in [0.1, 0.15) is 18.1 Å². The topological polar surface area (TPSA) is 140 Å². The van der Waals surface area contributed by atoms with E-state index in [0.717, 1.165) is 16.7 Å². The summed E-state index contributed by atoms with van der Waals surface area (Å²) in [5, 5.41) is 19.6. The Morgan fingerprint density at radius 1 is 0.941 bits per heavy atom. The van der Waals surface area contributed by atoms with Crippen LogP contribution in [-0.4, -0.2) is 59.5 Å². The lowest BCUT2D eigenvalue weighted by atomic mass is 9.65. The van der Waals surface area contributed by atoms with Crippen LogP contribution in [0.2, 0.25) is 0 Å². The molecular formula is C39H33N3O9. The van der Waals surface area contributed by atoms with Crippen molar-refractivity contribution in [1.29, 1.82) is 0 Å². The van der Waals surface area contributed by atoms with Crippen LogP contribution < -0.4 is 23.7 Å². The van der Waals surface area contributed by atoms with Crippen LogP contribution in [0.1, 0.15) is 50.3 Å². The number of aromatic hydroxyl groups is 1. The van der Waals surface area contributed by atoms with Crippen LogP contribution in [0.4, 0.5) is 0 Å². The Morgan fingerprint density at radius 2 is 1.65 bits per heavy atom. The molecule has 1 saturated heterocycles. The highest BCUT2D eigenvalue weighted by molar-refractivity contribution is 6.06. The first-order valence-corrected chi connectivity index (χ1v) is 16.4. The average Bonchev–Trinajstić information content (AvgIpc) is 3.92. The number of esters is 1. The molecule has 258 valence electrons. The summed E-state index contributed by atoms with van der Waals surface area (Å²) in [6.07, 6.45) is 5.13. The second kappa shape index (κ2) is 13.2. The number of cyclic esters (lactones) is 1. The zero-order valence-corrected chi connectivity index (χ0v) is 27.7. The van der Waals surface area contributed by atoms with Crippen LogP contribution in [0.25, 0.3) is 6.08 Å². The predicted molar refractivity (Wildman–Crippen MR) is 182 cm³/mol. The van der Waals surface area contributed by atoms with Crippen molar-refractivity contribution >= 4 is 17.8 Å². The zero-order chi connectivity index (χ0) is 35.1. The van der Waals surface area contributed by atoms with Gasteiger partial charge in [-0.1, -0.05) is 53.8 Å². The number of benzene rings is 4. The molecule has 12 nitrogen and oxygen atoms in total. The van der Waals surface area contributed by atoms with Crippen molar-refractivity contribution in [3.63, 3.8) is 0 Å². The van der Waals surface area contributed by atoms with E-state index in [-0.39, 0.29) is 54.9 Å². The Balaban J connectivity index is 1.07. The molecule has 8 rings (SSSR count). The van der Waals surface area contributed by atoms with Crippen LogP contribution in [0.3, 0.4) is 0 Å². The van der Waals surface area contributed by atoms with Crippen LogP contribution in [0.5, 0.6) is 34.5 Å². The van der Waals surface area contributed by atoms with Crippen LogP contribution in [-0.2, 0) is 16.1 Å². The van der Waals surface area contributed by atoms with Gasteiger partial charge in [0, 0.05) is 17.4 Å². The maximum Gasteiger partial charge on any atom is 0.310 e. The quantitative estimate of drug-likeness (QED) is 0.109. The first-order valence-electron chi connectivity index (χ1n) is 16.4. The van der Waals surface area contributed by atoms with Gasteiger partial charge in [0.05, 0.1) is 39.0 Å². The van der Waals surface area contributed by atoms with Gasteiger partial charge in [-0.25, -0.2) is 4.68 Å². The van der Waals surface area contributed by atoms with Crippen molar-refractivity contribution in [2.45, 2.75) is 18.6 Å². The van der Waals surface area contributed by atoms with Gasteiger partial charge in [-0.15, -0.1) is 5.10 Å². The smallest absolute Gasteiger partial charge is 0.310 e. The summed E-state index contributed by atoms with van der Waals surface area (Å²) in [7, 11) is 2.92. The molecule has 3 heterocycles. The van der Waals surface area contributed by atoms with Gasteiger partial charge in [0.15, 0.2) is 28.8 Å². The fourth-order valence-electron chi connectivity index (χ4n) is 7.18. The fourth-order valence-corrected chi connectivity index (χ4v) is 7.18. The monoisotopic (exact) mass is 687 g/mol. The lowest BCUT2D eigenvalue weighted by Gasteiger charge is -2.39. The number of phenols is 1. The Hall–Kier alpha value is -6.30. The molecule has 1 aromatic heterocycles. The molecule has 0 bridgehead atoms. The van der Waals surface area contributed by atoms with E-state index in [1.807, 2.05) is 60.8 Å². The number of methoxy groups -OCH3 is 2. The maximum atomic E-state index is 13.5. The van der Waals surface area contributed by atoms with Crippen LogP contribution in [0, 0.1) is 11.8 Å². The second-order valence-corrected chi connectivity index (χ2v) is 12.5. The number of carbonyl (C=O) groups is 2. The Kier molecular flexibility index (Phi) is 8.26. The number of ketones is 1. The molecule has 0 amide bonds. The van der Waals surface area contributed by atoms with Crippen molar-refractivity contribution in [3.05, 3.63) is 125 Å². The molecule has 4 aromatic carbocycles. The van der Waals surface area contributed by atoms with Gasteiger partial charge >= 0.3 is 5.97 Å². The second-order valence-electron chi connectivity index (χ2n) is 12.5. The average molecular weight is 688 g/mol. The summed E-state index contributed by atoms with van der Waals surface area (Å²) >= 11 is 0. The first-order chi connectivity index (χ1) is 24.9. The SMILES string of the molecule is COc1cc([C@@H]2c3cc4c(cc3[C@@H](n3cc(COc5ccc(/C=C/C(=O)c6ccccc6)cc5)nn3)[C@H]3COC(=O)[C@H]23)OCO4)cc(OC)c1O. The number of rotatable bonds is 10. The van der Waals surface area contributed by atoms with Crippen molar-refractivity contribution < 1.29 is 43.1 Å². The third-order valence-electron chi connectivity index (χ3n) is 9.60. The van der Waals surface area contributed by atoms with Crippen LogP contribution in [0.15, 0.2) is 91.1 Å². The van der Waals surface area contributed by atoms with Crippen molar-refractivity contribution in [2.24, 2.45) is 11.8 Å². The minimum absolute atomic E-state index is 0.0685. The van der Waals surface area contributed by atoms with E-state index in [4.69, 9.17) is 28.4 Å². The summed E-state index contributed by atoms with van der Waals surface area (Å²) in [5.41, 5.74) is 4.50. The van der Waals surface area contributed by atoms with E-state index in [2.05, 4.69) is 10.3 Å². The van der Waals surface area contributed by atoms with E-state index in [9.17, 15) is 14.7 Å². The number of ether oxygens (including phenoxy) is 6. The molecule has 2 aliphatic heterocycles. The molecule has 0 saturated carbocycles. The summed E-state index contributed by atoms with van der Waals surface area (Å²) in [6, 6.07) is 23.4. The summed E-state index contributed by atoms with van der Waals surface area (Å²) in [6.45, 7) is 0.410. The summed E-state index contributed by atoms with van der Waals surface area (Å²) in [4.78, 5) is 26.0. The van der Waals surface area contributed by atoms with Crippen molar-refractivity contribution in [1.82, 2.24) is 15.0 Å². The van der Waals surface area contributed by atoms with Crippen molar-refractivity contribution in [3.8, 4) is 34.5 Å². The molecule has 3 aliphatic rings. The number of carbonyl (C=O) groups excluding carboxylic acids is 2. The normalized spacial score (nSPS) is 20.1. The highest BCUT2D eigenvalue weighted by Crippen LogP contribution is 2.56. The Labute approximate surface area is 292 Å². The summed E-state index contributed by atoms with van der Waals surface area (Å²) in [5.74, 6) is 0.312. The highest BCUT2D eigenvalue weighted by atomic mass is 16.7. The van der Waals surface area contributed by atoms with Gasteiger partial charge in [-0.2, -0.15) is 0 Å². The van der Waals surface area contributed by atoms with Crippen molar-refractivity contribution in [2.75, 3.05) is 27.6 Å². The van der Waals surface area contributed by atoms with Gasteiger partial charge in [0.2, 0.25) is 12.5 Å². The van der Waals surface area contributed by atoms with E-state index < -0.39 is 17.9 Å². The number of hydrogen-bond acceptors (Lipinski definition) is 11. The van der Waals surface area contributed by atoms with E-state index in [1.54, 1.807) is 41.1 Å². The standard InChI is InChI=1S/C39H33N3O9/c1-46-33-14-24(15-34(47-2)38(33)44)35-27-16-31-32(51-21-50-31)17-28(27)37(29-20-49-39(45)36(29)35)42-18-25(40-41-42)19-48-26-11-8-22(9-12-26)10-13-30(43)23-6-4-3-5-7-23/h3-18,29,35-37,44H,19-21H2,1-2H3/b13-10+/t29-,35+,36-,37+/m0/s1. The zero-order valence-electron chi connectivity index (χ0n) is 27.7. The third-order valence-corrected chi connectivity index (χ3v) is 9.60. The van der Waals surface area contributed by atoms with E-state index >= 15 is 0 Å². The van der Waals surface area contributed by atoms with E-state index in [1.165, 1.54) is 14.2 Å². The molecule has 51 heavy (non-hydrogen) atoms. The van der Waals surface area contributed by atoms with Gasteiger partial charge in [-0.3, -0.25) is 9.59 Å². The summed E-state index contributed by atoms with van der Waals surface area (Å²) < 4.78 is 36.0. The molecule has 1 fully saturated rings. The predicted octanol–water partition coefficient (Wildman–Crippen LogP) is 5.73. The number of nitrogens with zero attached hydrogens (tertiary/aromatic N) is 3. The Bertz CT molecular complexity index is 2120. The number of phenolic OH excluding ortho intramolecular Hbond substituents is 1. The molecule has 0 spiro atoms. The molecule has 4 atom stereocenters. The van der Waals surface area contributed by atoms with Gasteiger partial charge in [-0.05, 0) is 64.7 Å². The minimum atomic E-state index is -0.596. The number of fused-ring (bicyclic) bond motifs is 3. The Morgan fingerprint density at radius 3 is 2.35 bits per heavy atom. The number of hydrogen-bond donors (Lipinski definition) is 1. The molecule has 12 heteroatoms. The molecule has 1 aliphatic carbocycles. The highest BCUT2D eigenvalue weighted by Gasteiger charge is 2.53. The number of aromatic nitrogens is 3. The van der Waals surface area contributed by atoms with Gasteiger partial charge < -0.3 is 33.5 Å². The molecule has 0 radical (unpaired) electrons. The molecule has 0 unspecified atom stereocenters. The van der Waals surface area contributed by atoms with Crippen LogP contribution >= 0.6 is 0 Å². The number of allylic oxidation sites excluding steroid dienone is 1. The maximum absolute atomic E-state index is 13.5. The minimum Gasteiger partial charge on any atom is -0.502 e. The van der Waals surface area contributed by atoms with E-state index in [0.29, 0.717) is 34.1 Å². The first kappa shape index (κ1) is 31.9. The third kappa shape index (κ3) is 5.88. The molecule has 1 N–H and O–H groups in total. The largest absolute Gasteiger partial charge is 0.502 e.